The van der Waals surface area contributed by atoms with Crippen molar-refractivity contribution in [3.63, 3.8) is 0 Å². The zero-order valence-corrected chi connectivity index (χ0v) is 13.8. The van der Waals surface area contributed by atoms with Gasteiger partial charge in [-0.3, -0.25) is 0 Å². The van der Waals surface area contributed by atoms with E-state index in [0.29, 0.717) is 5.92 Å². The monoisotopic (exact) mass is 342 g/mol. The van der Waals surface area contributed by atoms with Gasteiger partial charge in [-0.25, -0.2) is 4.39 Å². The second-order valence-corrected chi connectivity index (χ2v) is 6.69. The van der Waals surface area contributed by atoms with Gasteiger partial charge in [0.15, 0.2) is 0 Å². The zero-order chi connectivity index (χ0) is 14.4. The largest absolute Gasteiger partial charge is 0.312 e. The lowest BCUT2D eigenvalue weighted by molar-refractivity contribution is 0.199. The quantitative estimate of drug-likeness (QED) is 0.845. The van der Waals surface area contributed by atoms with Gasteiger partial charge in [0, 0.05) is 17.6 Å². The summed E-state index contributed by atoms with van der Waals surface area (Å²) >= 11 is 3.41. The van der Waals surface area contributed by atoms with Crippen molar-refractivity contribution in [2.24, 2.45) is 5.92 Å². The Labute approximate surface area is 129 Å². The van der Waals surface area contributed by atoms with Crippen LogP contribution in [0.2, 0.25) is 0 Å². The third kappa shape index (κ3) is 5.15. The highest BCUT2D eigenvalue weighted by Crippen LogP contribution is 2.18. The van der Waals surface area contributed by atoms with Gasteiger partial charge in [-0.05, 0) is 56.1 Å². The summed E-state index contributed by atoms with van der Waals surface area (Å²) in [6, 6.07) is 4.87. The van der Waals surface area contributed by atoms with Crippen molar-refractivity contribution in [2.75, 3.05) is 26.2 Å². The van der Waals surface area contributed by atoms with E-state index in [1.165, 1.54) is 51.0 Å². The Morgan fingerprint density at radius 3 is 2.75 bits per heavy atom. The highest BCUT2D eigenvalue weighted by atomic mass is 79.9. The summed E-state index contributed by atoms with van der Waals surface area (Å²) in [5.74, 6) is 0.450. The van der Waals surface area contributed by atoms with Gasteiger partial charge in [-0.15, -0.1) is 0 Å². The van der Waals surface area contributed by atoms with E-state index < -0.39 is 0 Å². The molecule has 2 rings (SSSR count). The maximum absolute atomic E-state index is 13.0. The molecule has 1 aliphatic rings. The molecular weight excluding hydrogens is 319 g/mol. The van der Waals surface area contributed by atoms with Crippen LogP contribution < -0.4 is 5.32 Å². The SMILES string of the molecule is CC(CNCc1ccc(F)cc1Br)CN1CCCCC1. The average molecular weight is 343 g/mol. The third-order valence-corrected chi connectivity index (χ3v) is 4.58. The van der Waals surface area contributed by atoms with Crippen molar-refractivity contribution in [3.8, 4) is 0 Å². The molecule has 1 aliphatic heterocycles. The molecule has 1 heterocycles. The summed E-state index contributed by atoms with van der Waals surface area (Å²) in [6.45, 7) is 7.77. The van der Waals surface area contributed by atoms with Crippen molar-refractivity contribution in [3.05, 3.63) is 34.1 Å². The minimum atomic E-state index is -0.195. The van der Waals surface area contributed by atoms with Crippen molar-refractivity contribution < 1.29 is 4.39 Å². The maximum Gasteiger partial charge on any atom is 0.124 e. The van der Waals surface area contributed by atoms with Crippen LogP contribution in [0.3, 0.4) is 0 Å². The van der Waals surface area contributed by atoms with E-state index >= 15 is 0 Å². The summed E-state index contributed by atoms with van der Waals surface area (Å²) < 4.78 is 13.8. The molecule has 1 atom stereocenters. The molecule has 112 valence electrons. The lowest BCUT2D eigenvalue weighted by Gasteiger charge is -2.29. The molecule has 0 bridgehead atoms. The molecular formula is C16H24BrFN2. The number of hydrogen-bond acceptors (Lipinski definition) is 2. The third-order valence-electron chi connectivity index (χ3n) is 3.84. The van der Waals surface area contributed by atoms with E-state index in [-0.39, 0.29) is 5.82 Å². The molecule has 0 spiro atoms. The number of hydrogen-bond donors (Lipinski definition) is 1. The number of rotatable bonds is 6. The minimum Gasteiger partial charge on any atom is -0.312 e. The lowest BCUT2D eigenvalue weighted by Crippen LogP contribution is -2.36. The summed E-state index contributed by atoms with van der Waals surface area (Å²) in [6.07, 6.45) is 4.09. The molecule has 1 aromatic rings. The van der Waals surface area contributed by atoms with Crippen molar-refractivity contribution in [1.82, 2.24) is 10.2 Å². The first-order chi connectivity index (χ1) is 9.65. The standard InChI is InChI=1S/C16H24BrFN2/c1-13(12-20-7-3-2-4-8-20)10-19-11-14-5-6-15(18)9-16(14)17/h5-6,9,13,19H,2-4,7-8,10-12H2,1H3. The molecule has 20 heavy (non-hydrogen) atoms. The Kier molecular flexibility index (Phi) is 6.46. The zero-order valence-electron chi connectivity index (χ0n) is 12.2. The normalized spacial score (nSPS) is 18.1. The van der Waals surface area contributed by atoms with Crippen LogP contribution in [0.4, 0.5) is 4.39 Å². The first kappa shape index (κ1) is 15.9. The fraction of sp³-hybridized carbons (Fsp3) is 0.625. The van der Waals surface area contributed by atoms with Crippen LogP contribution in [-0.4, -0.2) is 31.1 Å². The number of piperidine rings is 1. The van der Waals surface area contributed by atoms with Crippen molar-refractivity contribution in [1.29, 1.82) is 0 Å². The van der Waals surface area contributed by atoms with Gasteiger partial charge in [0.1, 0.15) is 5.82 Å². The summed E-state index contributed by atoms with van der Waals surface area (Å²) in [4.78, 5) is 2.57. The van der Waals surface area contributed by atoms with Crippen LogP contribution in [0.1, 0.15) is 31.7 Å². The Balaban J connectivity index is 1.69. The Morgan fingerprint density at radius 2 is 2.05 bits per heavy atom. The smallest absolute Gasteiger partial charge is 0.124 e. The molecule has 1 saturated heterocycles. The van der Waals surface area contributed by atoms with E-state index in [1.807, 2.05) is 6.07 Å². The first-order valence-corrected chi connectivity index (χ1v) is 8.31. The highest BCUT2D eigenvalue weighted by Gasteiger charge is 2.13. The molecule has 0 radical (unpaired) electrons. The van der Waals surface area contributed by atoms with Gasteiger partial charge in [0.2, 0.25) is 0 Å². The predicted octanol–water partition coefficient (Wildman–Crippen LogP) is 3.80. The maximum atomic E-state index is 13.0. The molecule has 0 aliphatic carbocycles. The van der Waals surface area contributed by atoms with E-state index in [9.17, 15) is 4.39 Å². The topological polar surface area (TPSA) is 15.3 Å². The molecule has 2 nitrogen and oxygen atoms in total. The second kappa shape index (κ2) is 8.11. The van der Waals surface area contributed by atoms with E-state index in [0.717, 1.165) is 23.1 Å². The summed E-state index contributed by atoms with van der Waals surface area (Å²) in [5.41, 5.74) is 1.11. The number of halogens is 2. The summed E-state index contributed by atoms with van der Waals surface area (Å²) in [5, 5.41) is 3.47. The molecule has 1 unspecified atom stereocenters. The molecule has 1 aromatic carbocycles. The van der Waals surface area contributed by atoms with Crippen molar-refractivity contribution in [2.45, 2.75) is 32.7 Å². The van der Waals surface area contributed by atoms with Gasteiger partial charge in [-0.2, -0.15) is 0 Å². The molecule has 1 N–H and O–H groups in total. The predicted molar refractivity (Wildman–Crippen MR) is 85.3 cm³/mol. The number of nitrogens with zero attached hydrogens (tertiary/aromatic N) is 1. The number of benzene rings is 1. The first-order valence-electron chi connectivity index (χ1n) is 7.52. The van der Waals surface area contributed by atoms with Crippen LogP contribution in [-0.2, 0) is 6.54 Å². The summed E-state index contributed by atoms with van der Waals surface area (Å²) in [7, 11) is 0. The van der Waals surface area contributed by atoms with Gasteiger partial charge < -0.3 is 10.2 Å². The Hall–Kier alpha value is -0.450. The van der Waals surface area contributed by atoms with Crippen LogP contribution in [0.15, 0.2) is 22.7 Å². The fourth-order valence-corrected chi connectivity index (χ4v) is 3.26. The van der Waals surface area contributed by atoms with E-state index in [4.69, 9.17) is 0 Å². The van der Waals surface area contributed by atoms with Crippen LogP contribution in [0.25, 0.3) is 0 Å². The van der Waals surface area contributed by atoms with Crippen molar-refractivity contribution >= 4 is 15.9 Å². The Morgan fingerprint density at radius 1 is 1.30 bits per heavy atom. The second-order valence-electron chi connectivity index (χ2n) is 5.83. The van der Waals surface area contributed by atoms with Gasteiger partial charge in [-0.1, -0.05) is 35.3 Å². The van der Waals surface area contributed by atoms with E-state index in [2.05, 4.69) is 33.1 Å². The lowest BCUT2D eigenvalue weighted by atomic mass is 10.1. The average Bonchev–Trinajstić information content (AvgIpc) is 2.42. The van der Waals surface area contributed by atoms with E-state index in [1.54, 1.807) is 0 Å². The Bertz CT molecular complexity index is 419. The van der Waals surface area contributed by atoms with Crippen LogP contribution in [0, 0.1) is 11.7 Å². The van der Waals surface area contributed by atoms with Gasteiger partial charge >= 0.3 is 0 Å². The molecule has 4 heteroatoms. The van der Waals surface area contributed by atoms with Gasteiger partial charge in [0.05, 0.1) is 0 Å². The van der Waals surface area contributed by atoms with Crippen LogP contribution in [0.5, 0.6) is 0 Å². The molecule has 0 aromatic heterocycles. The van der Waals surface area contributed by atoms with Gasteiger partial charge in [0.25, 0.3) is 0 Å². The number of nitrogens with one attached hydrogen (secondary N) is 1. The molecule has 0 amide bonds. The molecule has 0 saturated carbocycles. The number of likely N-dealkylation sites (tertiary alicyclic amines) is 1. The molecule has 1 fully saturated rings. The fourth-order valence-electron chi connectivity index (χ4n) is 2.77. The van der Waals surface area contributed by atoms with Crippen LogP contribution >= 0.6 is 15.9 Å². The highest BCUT2D eigenvalue weighted by molar-refractivity contribution is 9.10. The minimum absolute atomic E-state index is 0.195.